The zero-order chi connectivity index (χ0) is 7.84. The number of fused-ring (bicyclic) bond motifs is 1. The van der Waals surface area contributed by atoms with Crippen LogP contribution < -0.4 is 5.32 Å². The molecule has 2 rings (SSSR count). The average Bonchev–Trinajstić information content (AvgIpc) is 2.34. The summed E-state index contributed by atoms with van der Waals surface area (Å²) in [4.78, 5) is 0. The van der Waals surface area contributed by atoms with Crippen molar-refractivity contribution in [2.75, 3.05) is 6.54 Å². The molecule has 2 unspecified atom stereocenters. The molecule has 1 fully saturated rings. The van der Waals surface area contributed by atoms with E-state index in [1.165, 1.54) is 11.3 Å². The highest BCUT2D eigenvalue weighted by molar-refractivity contribution is 5.31. The van der Waals surface area contributed by atoms with Crippen LogP contribution in [0.3, 0.4) is 0 Å². The minimum Gasteiger partial charge on any atom is -0.388 e. The summed E-state index contributed by atoms with van der Waals surface area (Å²) in [6.07, 6.45) is 6.60. The van der Waals surface area contributed by atoms with Crippen LogP contribution in [0.15, 0.2) is 36.1 Å². The molecule has 0 spiro atoms. The van der Waals surface area contributed by atoms with E-state index in [4.69, 9.17) is 0 Å². The molecule has 0 bridgehead atoms. The predicted molar refractivity (Wildman–Crippen MR) is 47.0 cm³/mol. The summed E-state index contributed by atoms with van der Waals surface area (Å²) in [6, 6.07) is 0. The lowest BCUT2D eigenvalue weighted by molar-refractivity contribution is 0.591. The van der Waals surface area contributed by atoms with Crippen molar-refractivity contribution >= 4 is 0 Å². The van der Waals surface area contributed by atoms with Gasteiger partial charge in [-0.2, -0.15) is 0 Å². The Kier molecular flexibility index (Phi) is 1.38. The van der Waals surface area contributed by atoms with Crippen LogP contribution in [-0.4, -0.2) is 6.54 Å². The molecule has 2 aliphatic rings. The first-order chi connectivity index (χ1) is 5.29. The van der Waals surface area contributed by atoms with Gasteiger partial charge in [-0.3, -0.25) is 0 Å². The first kappa shape index (κ1) is 6.71. The van der Waals surface area contributed by atoms with E-state index >= 15 is 0 Å². The molecule has 0 aromatic carbocycles. The molecule has 1 heterocycles. The van der Waals surface area contributed by atoms with Gasteiger partial charge in [0.2, 0.25) is 0 Å². The lowest BCUT2D eigenvalue weighted by atomic mass is 9.84. The molecular weight excluding hydrogens is 134 g/mol. The van der Waals surface area contributed by atoms with Crippen molar-refractivity contribution in [1.82, 2.24) is 5.32 Å². The summed E-state index contributed by atoms with van der Waals surface area (Å²) in [6.45, 7) is 7.24. The van der Waals surface area contributed by atoms with Crippen LogP contribution >= 0.6 is 0 Å². The SMILES string of the molecule is C=C1NCC2C=CC=C(C)C12. The molecule has 2 atom stereocenters. The molecule has 1 aliphatic carbocycles. The zero-order valence-electron chi connectivity index (χ0n) is 6.80. The Morgan fingerprint density at radius 3 is 3.18 bits per heavy atom. The van der Waals surface area contributed by atoms with E-state index < -0.39 is 0 Å². The Morgan fingerprint density at radius 1 is 1.64 bits per heavy atom. The van der Waals surface area contributed by atoms with Crippen LogP contribution in [0.5, 0.6) is 0 Å². The van der Waals surface area contributed by atoms with Gasteiger partial charge in [-0.15, -0.1) is 0 Å². The van der Waals surface area contributed by atoms with Gasteiger partial charge in [-0.05, 0) is 6.92 Å². The van der Waals surface area contributed by atoms with E-state index in [9.17, 15) is 0 Å². The van der Waals surface area contributed by atoms with Crippen molar-refractivity contribution in [2.24, 2.45) is 11.8 Å². The van der Waals surface area contributed by atoms with Gasteiger partial charge in [0.05, 0.1) is 0 Å². The largest absolute Gasteiger partial charge is 0.388 e. The number of rotatable bonds is 0. The van der Waals surface area contributed by atoms with Crippen LogP contribution in [0, 0.1) is 11.8 Å². The zero-order valence-corrected chi connectivity index (χ0v) is 6.80. The lowest BCUT2D eigenvalue weighted by Gasteiger charge is -2.19. The first-order valence-electron chi connectivity index (χ1n) is 4.06. The van der Waals surface area contributed by atoms with Crippen LogP contribution in [0.2, 0.25) is 0 Å². The summed E-state index contributed by atoms with van der Waals surface area (Å²) in [7, 11) is 0. The summed E-state index contributed by atoms with van der Waals surface area (Å²) >= 11 is 0. The maximum Gasteiger partial charge on any atom is 0.0270 e. The fourth-order valence-electron chi connectivity index (χ4n) is 1.98. The molecule has 58 valence electrons. The Hall–Kier alpha value is -0.980. The maximum absolute atomic E-state index is 4.00. The monoisotopic (exact) mass is 147 g/mol. The van der Waals surface area contributed by atoms with Crippen molar-refractivity contribution in [3.8, 4) is 0 Å². The molecule has 0 aromatic heterocycles. The molecule has 1 N–H and O–H groups in total. The number of nitrogens with one attached hydrogen (secondary N) is 1. The fraction of sp³-hybridized carbons (Fsp3) is 0.400. The first-order valence-corrected chi connectivity index (χ1v) is 4.06. The molecule has 1 heteroatoms. The summed E-state index contributed by atoms with van der Waals surface area (Å²) < 4.78 is 0. The average molecular weight is 147 g/mol. The van der Waals surface area contributed by atoms with Crippen molar-refractivity contribution < 1.29 is 0 Å². The molecule has 0 radical (unpaired) electrons. The van der Waals surface area contributed by atoms with Crippen molar-refractivity contribution in [3.63, 3.8) is 0 Å². The maximum atomic E-state index is 4.00. The van der Waals surface area contributed by atoms with Gasteiger partial charge >= 0.3 is 0 Å². The topological polar surface area (TPSA) is 12.0 Å². The Balaban J connectivity index is 2.33. The third-order valence-corrected chi connectivity index (χ3v) is 2.58. The standard InChI is InChI=1S/C10H13N/c1-7-4-3-5-9-6-11-8(2)10(7)9/h3-5,9-11H,2,6H2,1H3. The normalized spacial score (nSPS) is 34.6. The molecule has 11 heavy (non-hydrogen) atoms. The van der Waals surface area contributed by atoms with Gasteiger partial charge in [-0.1, -0.05) is 30.4 Å². The van der Waals surface area contributed by atoms with Crippen molar-refractivity contribution in [1.29, 1.82) is 0 Å². The van der Waals surface area contributed by atoms with Crippen molar-refractivity contribution in [3.05, 3.63) is 36.1 Å². The fourth-order valence-corrected chi connectivity index (χ4v) is 1.98. The second-order valence-corrected chi connectivity index (χ2v) is 3.34. The summed E-state index contributed by atoms with van der Waals surface area (Å²) in [5.74, 6) is 1.23. The third-order valence-electron chi connectivity index (χ3n) is 2.58. The Bertz CT molecular complexity index is 248. The number of hydrogen-bond donors (Lipinski definition) is 1. The highest BCUT2D eigenvalue weighted by Crippen LogP contribution is 2.34. The van der Waals surface area contributed by atoms with Crippen LogP contribution in [0.4, 0.5) is 0 Å². The van der Waals surface area contributed by atoms with E-state index in [2.05, 4.69) is 37.0 Å². The van der Waals surface area contributed by atoms with E-state index in [1.807, 2.05) is 0 Å². The van der Waals surface area contributed by atoms with Crippen LogP contribution in [-0.2, 0) is 0 Å². The highest BCUT2D eigenvalue weighted by atomic mass is 14.9. The van der Waals surface area contributed by atoms with Crippen molar-refractivity contribution in [2.45, 2.75) is 6.92 Å². The minimum atomic E-state index is 0.569. The number of hydrogen-bond acceptors (Lipinski definition) is 1. The van der Waals surface area contributed by atoms with E-state index in [-0.39, 0.29) is 0 Å². The van der Waals surface area contributed by atoms with Gasteiger partial charge in [0.1, 0.15) is 0 Å². The minimum absolute atomic E-state index is 0.569. The predicted octanol–water partition coefficient (Wildman–Crippen LogP) is 1.85. The Morgan fingerprint density at radius 2 is 2.45 bits per heavy atom. The van der Waals surface area contributed by atoms with E-state index in [0.717, 1.165) is 6.54 Å². The number of allylic oxidation sites excluding steroid dienone is 3. The third kappa shape index (κ3) is 0.917. The second-order valence-electron chi connectivity index (χ2n) is 3.34. The molecule has 0 amide bonds. The Labute approximate surface area is 67.5 Å². The summed E-state index contributed by atoms with van der Waals surface area (Å²) in [5, 5.41) is 3.31. The van der Waals surface area contributed by atoms with E-state index in [1.54, 1.807) is 0 Å². The van der Waals surface area contributed by atoms with E-state index in [0.29, 0.717) is 11.8 Å². The molecule has 1 aliphatic heterocycles. The lowest BCUT2D eigenvalue weighted by Crippen LogP contribution is -2.12. The smallest absolute Gasteiger partial charge is 0.0270 e. The van der Waals surface area contributed by atoms with Crippen LogP contribution in [0.1, 0.15) is 6.92 Å². The van der Waals surface area contributed by atoms with Gasteiger partial charge in [0, 0.05) is 24.1 Å². The quantitative estimate of drug-likeness (QED) is 0.551. The molecule has 1 nitrogen and oxygen atoms in total. The van der Waals surface area contributed by atoms with Crippen LogP contribution in [0.25, 0.3) is 0 Å². The van der Waals surface area contributed by atoms with Gasteiger partial charge in [0.25, 0.3) is 0 Å². The van der Waals surface area contributed by atoms with Gasteiger partial charge < -0.3 is 5.32 Å². The second kappa shape index (κ2) is 2.26. The van der Waals surface area contributed by atoms with Gasteiger partial charge in [-0.25, -0.2) is 0 Å². The molecular formula is C10H13N. The summed E-state index contributed by atoms with van der Waals surface area (Å²) in [5.41, 5.74) is 2.63. The molecule has 0 aromatic rings. The molecule has 0 saturated carbocycles. The molecule has 1 saturated heterocycles. The van der Waals surface area contributed by atoms with Gasteiger partial charge in [0.15, 0.2) is 0 Å². The highest BCUT2D eigenvalue weighted by Gasteiger charge is 2.30.